The molecule has 0 aliphatic heterocycles. The van der Waals surface area contributed by atoms with Gasteiger partial charge in [-0.1, -0.05) is 171 Å². The van der Waals surface area contributed by atoms with E-state index in [2.05, 4.69) is 203 Å². The molecule has 10 rings (SSSR count). The van der Waals surface area contributed by atoms with Gasteiger partial charge >= 0.3 is 0 Å². The summed E-state index contributed by atoms with van der Waals surface area (Å²) in [4.78, 5) is 30.8. The lowest BCUT2D eigenvalue weighted by atomic mass is 9.71. The Balaban J connectivity index is 1.23. The van der Waals surface area contributed by atoms with E-state index in [4.69, 9.17) is 29.9 Å². The van der Waals surface area contributed by atoms with Gasteiger partial charge in [-0.2, -0.15) is 0 Å². The monoisotopic (exact) mass is 836 g/mol. The molecule has 0 fully saturated rings. The van der Waals surface area contributed by atoms with Crippen LogP contribution in [0.3, 0.4) is 0 Å². The first-order valence-electron chi connectivity index (χ1n) is 23.0. The van der Waals surface area contributed by atoms with E-state index in [-0.39, 0.29) is 23.7 Å². The third-order valence-electron chi connectivity index (χ3n) is 13.7. The van der Waals surface area contributed by atoms with Crippen molar-refractivity contribution in [1.29, 1.82) is 0 Å². The fraction of sp³-hybridized carbons (Fsp3) is 0.276. The zero-order valence-corrected chi connectivity index (χ0v) is 38.7. The van der Waals surface area contributed by atoms with Gasteiger partial charge < -0.3 is 0 Å². The molecule has 0 bridgehead atoms. The van der Waals surface area contributed by atoms with Crippen molar-refractivity contribution in [2.24, 2.45) is 0 Å². The maximum atomic E-state index is 5.37. The number of hydrogen-bond donors (Lipinski definition) is 0. The van der Waals surface area contributed by atoms with Gasteiger partial charge in [0.05, 0.1) is 5.41 Å². The summed E-state index contributed by atoms with van der Waals surface area (Å²) in [7, 11) is 0. The standard InChI is InChI=1S/C58H56N6/c1-33(2)51-59-52(34(3)4)62-55(61-51)41-23-27-44-43-25-21-39(37-17-13-11-14-18-37)29-47(43)57(9,48(44)31-41)42-24-28-46-45-26-22-40(38-19-15-12-16-20-38)30-49(45)58(10,50(46)32-42)56-63-53(35(5)6)60-54(64-56)36(7)8/h11-36H,1-10H3. The Morgan fingerprint density at radius 2 is 0.688 bits per heavy atom. The van der Waals surface area contributed by atoms with Crippen LogP contribution in [-0.4, -0.2) is 29.9 Å². The average Bonchev–Trinajstić information content (AvgIpc) is 3.73. The summed E-state index contributed by atoms with van der Waals surface area (Å²) < 4.78 is 0. The van der Waals surface area contributed by atoms with Gasteiger partial charge in [0.2, 0.25) is 0 Å². The molecule has 0 radical (unpaired) electrons. The molecule has 0 N–H and O–H groups in total. The van der Waals surface area contributed by atoms with E-state index in [1.807, 2.05) is 0 Å². The summed E-state index contributed by atoms with van der Waals surface area (Å²) in [6.45, 7) is 22.0. The topological polar surface area (TPSA) is 77.3 Å². The van der Waals surface area contributed by atoms with Gasteiger partial charge in [-0.25, -0.2) is 29.9 Å². The van der Waals surface area contributed by atoms with Crippen LogP contribution in [0.5, 0.6) is 0 Å². The van der Waals surface area contributed by atoms with Crippen LogP contribution in [0.15, 0.2) is 133 Å². The third-order valence-corrected chi connectivity index (χ3v) is 13.7. The molecule has 0 saturated heterocycles. The first-order chi connectivity index (χ1) is 30.7. The summed E-state index contributed by atoms with van der Waals surface area (Å²) in [5.41, 5.74) is 15.5. The molecule has 0 saturated carbocycles. The van der Waals surface area contributed by atoms with Crippen LogP contribution in [0.1, 0.15) is 150 Å². The molecular weight excluding hydrogens is 781 g/mol. The number of aromatic nitrogens is 6. The molecule has 0 amide bonds. The molecule has 2 heterocycles. The predicted molar refractivity (Wildman–Crippen MR) is 261 cm³/mol. The molecule has 2 aliphatic rings. The minimum atomic E-state index is -0.679. The van der Waals surface area contributed by atoms with Gasteiger partial charge in [0.25, 0.3) is 0 Å². The highest BCUT2D eigenvalue weighted by Crippen LogP contribution is 2.58. The van der Waals surface area contributed by atoms with Crippen molar-refractivity contribution in [3.63, 3.8) is 0 Å². The van der Waals surface area contributed by atoms with E-state index in [9.17, 15) is 0 Å². The number of benzene rings is 6. The zero-order chi connectivity index (χ0) is 44.7. The van der Waals surface area contributed by atoms with E-state index < -0.39 is 10.8 Å². The molecule has 6 aromatic carbocycles. The number of hydrogen-bond acceptors (Lipinski definition) is 6. The van der Waals surface area contributed by atoms with Crippen molar-refractivity contribution < 1.29 is 0 Å². The average molecular weight is 837 g/mol. The summed E-state index contributed by atoms with van der Waals surface area (Å²) in [5.74, 6) is 5.42. The van der Waals surface area contributed by atoms with Crippen molar-refractivity contribution in [3.05, 3.63) is 190 Å². The van der Waals surface area contributed by atoms with Crippen LogP contribution in [0, 0.1) is 0 Å². The van der Waals surface area contributed by atoms with Gasteiger partial charge in [0.15, 0.2) is 5.82 Å². The van der Waals surface area contributed by atoms with Crippen LogP contribution in [0.4, 0.5) is 0 Å². The van der Waals surface area contributed by atoms with Crippen LogP contribution < -0.4 is 0 Å². The minimum absolute atomic E-state index is 0.140. The lowest BCUT2D eigenvalue weighted by Crippen LogP contribution is -2.29. The Kier molecular flexibility index (Phi) is 10.0. The lowest BCUT2D eigenvalue weighted by Gasteiger charge is -2.32. The van der Waals surface area contributed by atoms with Gasteiger partial charge in [0, 0.05) is 34.7 Å². The highest BCUT2D eigenvalue weighted by atomic mass is 15.1. The smallest absolute Gasteiger partial charge is 0.163 e. The van der Waals surface area contributed by atoms with Gasteiger partial charge in [0.1, 0.15) is 29.1 Å². The van der Waals surface area contributed by atoms with E-state index in [1.54, 1.807) is 0 Å². The Morgan fingerprint density at radius 3 is 1.12 bits per heavy atom. The summed E-state index contributed by atoms with van der Waals surface area (Å²) in [5, 5.41) is 0. The molecule has 2 aliphatic carbocycles. The Hall–Kier alpha value is -6.66. The van der Waals surface area contributed by atoms with E-state index in [0.29, 0.717) is 0 Å². The normalized spacial score (nSPS) is 17.3. The Bertz CT molecular complexity index is 3040. The second kappa shape index (κ2) is 15.5. The maximum absolute atomic E-state index is 5.37. The highest BCUT2D eigenvalue weighted by Gasteiger charge is 2.47. The zero-order valence-electron chi connectivity index (χ0n) is 38.7. The fourth-order valence-corrected chi connectivity index (χ4v) is 9.89. The van der Waals surface area contributed by atoms with Crippen molar-refractivity contribution in [2.75, 3.05) is 0 Å². The Morgan fingerprint density at radius 1 is 0.328 bits per heavy atom. The van der Waals surface area contributed by atoms with Crippen molar-refractivity contribution >= 4 is 0 Å². The molecular formula is C58H56N6. The van der Waals surface area contributed by atoms with Crippen molar-refractivity contribution in [1.82, 2.24) is 29.9 Å². The first kappa shape index (κ1) is 41.4. The number of nitrogens with zero attached hydrogens (tertiary/aromatic N) is 6. The summed E-state index contributed by atoms with van der Waals surface area (Å²) >= 11 is 0. The minimum Gasteiger partial charge on any atom is -0.217 e. The molecule has 2 unspecified atom stereocenters. The largest absolute Gasteiger partial charge is 0.217 e. The highest BCUT2D eigenvalue weighted by molar-refractivity contribution is 5.89. The predicted octanol–water partition coefficient (Wildman–Crippen LogP) is 14.2. The van der Waals surface area contributed by atoms with E-state index in [0.717, 1.165) is 40.5 Å². The first-order valence-corrected chi connectivity index (χ1v) is 23.0. The van der Waals surface area contributed by atoms with Gasteiger partial charge in [-0.05, 0) is 104 Å². The second-order valence-corrected chi connectivity index (χ2v) is 19.4. The fourth-order valence-electron chi connectivity index (χ4n) is 9.89. The van der Waals surface area contributed by atoms with Gasteiger partial charge in [-0.15, -0.1) is 0 Å². The van der Waals surface area contributed by atoms with Crippen molar-refractivity contribution in [2.45, 2.75) is 104 Å². The third kappa shape index (κ3) is 6.60. The maximum Gasteiger partial charge on any atom is 0.163 e. The number of rotatable bonds is 9. The van der Waals surface area contributed by atoms with Crippen LogP contribution in [0.25, 0.3) is 55.9 Å². The molecule has 6 nitrogen and oxygen atoms in total. The van der Waals surface area contributed by atoms with E-state index in [1.165, 1.54) is 72.3 Å². The SMILES string of the molecule is CC(C)c1nc(-c2ccc3c(c2)C(C)(c2ccc4c(c2)C(C)(c2nc(C(C)C)nc(C(C)C)n2)c2cc(-c5ccccc5)ccc2-4)c2cc(-c4ccccc4)ccc2-3)nc(C(C)C)n1. The molecule has 2 aromatic heterocycles. The molecule has 2 atom stereocenters. The quantitative estimate of drug-likeness (QED) is 0.144. The van der Waals surface area contributed by atoms with E-state index >= 15 is 0 Å². The summed E-state index contributed by atoms with van der Waals surface area (Å²) in [6, 6.07) is 49.4. The molecule has 64 heavy (non-hydrogen) atoms. The summed E-state index contributed by atoms with van der Waals surface area (Å²) in [6.07, 6.45) is 0. The lowest BCUT2D eigenvalue weighted by molar-refractivity contribution is 0.592. The molecule has 318 valence electrons. The van der Waals surface area contributed by atoms with Crippen LogP contribution >= 0.6 is 0 Å². The molecule has 0 spiro atoms. The molecule has 8 aromatic rings. The van der Waals surface area contributed by atoms with Crippen LogP contribution in [0.2, 0.25) is 0 Å². The molecule has 6 heteroatoms. The number of fused-ring (bicyclic) bond motifs is 6. The Labute approximate surface area is 378 Å². The van der Waals surface area contributed by atoms with Crippen LogP contribution in [-0.2, 0) is 10.8 Å². The van der Waals surface area contributed by atoms with Gasteiger partial charge in [-0.3, -0.25) is 0 Å². The van der Waals surface area contributed by atoms with Crippen molar-refractivity contribution in [3.8, 4) is 55.9 Å². The second-order valence-electron chi connectivity index (χ2n) is 19.4.